The van der Waals surface area contributed by atoms with Gasteiger partial charge >= 0.3 is 0 Å². The summed E-state index contributed by atoms with van der Waals surface area (Å²) < 4.78 is 46.2. The van der Waals surface area contributed by atoms with E-state index in [0.717, 1.165) is 18.8 Å². The van der Waals surface area contributed by atoms with Crippen LogP contribution in [-0.2, 0) is 0 Å². The highest BCUT2D eigenvalue weighted by molar-refractivity contribution is 6.06. The third kappa shape index (κ3) is 3.43. The molecule has 1 heterocycles. The molecule has 150 valence electrons. The summed E-state index contributed by atoms with van der Waals surface area (Å²) in [6, 6.07) is 6.58. The maximum atomic E-state index is 15.0. The Morgan fingerprint density at radius 2 is 1.50 bits per heavy atom. The quantitative estimate of drug-likeness (QED) is 0.443. The van der Waals surface area contributed by atoms with Crippen LogP contribution >= 0.6 is 0 Å². The second-order valence-corrected chi connectivity index (χ2v) is 7.69. The van der Waals surface area contributed by atoms with E-state index in [1.807, 2.05) is 0 Å². The molecule has 28 heavy (non-hydrogen) atoms. The molecular formula is C23H26F2O3. The van der Waals surface area contributed by atoms with Crippen LogP contribution in [0, 0.1) is 23.5 Å². The zero-order valence-electron chi connectivity index (χ0n) is 16.4. The summed E-state index contributed by atoms with van der Waals surface area (Å²) >= 11 is 0. The Morgan fingerprint density at radius 3 is 2.11 bits per heavy atom. The van der Waals surface area contributed by atoms with Gasteiger partial charge in [0.1, 0.15) is 0 Å². The molecule has 4 rings (SSSR count). The van der Waals surface area contributed by atoms with Gasteiger partial charge in [0.25, 0.3) is 0 Å². The van der Waals surface area contributed by atoms with Crippen molar-refractivity contribution in [3.05, 3.63) is 35.9 Å². The van der Waals surface area contributed by atoms with E-state index in [1.54, 1.807) is 31.2 Å². The second kappa shape index (κ2) is 7.98. The lowest BCUT2D eigenvalue weighted by atomic mass is 10.0. The zero-order valence-corrected chi connectivity index (χ0v) is 16.4. The van der Waals surface area contributed by atoms with E-state index in [1.165, 1.54) is 19.3 Å². The average Bonchev–Trinajstić information content (AvgIpc) is 3.29. The van der Waals surface area contributed by atoms with Gasteiger partial charge < -0.3 is 13.9 Å². The van der Waals surface area contributed by atoms with Crippen molar-refractivity contribution < 1.29 is 22.7 Å². The van der Waals surface area contributed by atoms with Gasteiger partial charge in [0.2, 0.25) is 11.6 Å². The minimum absolute atomic E-state index is 0.00944. The van der Waals surface area contributed by atoms with Gasteiger partial charge in [-0.3, -0.25) is 0 Å². The lowest BCUT2D eigenvalue weighted by Crippen LogP contribution is -2.10. The molecule has 1 aliphatic rings. The maximum absolute atomic E-state index is 15.0. The summed E-state index contributed by atoms with van der Waals surface area (Å²) in [4.78, 5) is 0. The fourth-order valence-corrected chi connectivity index (χ4v) is 4.39. The van der Waals surface area contributed by atoms with E-state index in [2.05, 4.69) is 6.92 Å². The highest BCUT2D eigenvalue weighted by Crippen LogP contribution is 2.39. The van der Waals surface area contributed by atoms with Crippen LogP contribution < -0.4 is 9.47 Å². The van der Waals surface area contributed by atoms with Crippen molar-refractivity contribution in [3.63, 3.8) is 0 Å². The van der Waals surface area contributed by atoms with Crippen LogP contribution in [0.3, 0.4) is 0 Å². The highest BCUT2D eigenvalue weighted by Gasteiger charge is 2.25. The molecular weight excluding hydrogens is 362 g/mol. The molecule has 2 unspecified atom stereocenters. The van der Waals surface area contributed by atoms with Crippen molar-refractivity contribution in [2.24, 2.45) is 11.8 Å². The molecule has 5 heteroatoms. The summed E-state index contributed by atoms with van der Waals surface area (Å²) in [5.41, 5.74) is 0.0329. The third-order valence-electron chi connectivity index (χ3n) is 5.74. The van der Waals surface area contributed by atoms with Crippen molar-refractivity contribution in [2.75, 3.05) is 13.2 Å². The van der Waals surface area contributed by atoms with E-state index < -0.39 is 11.6 Å². The largest absolute Gasteiger partial charge is 0.491 e. The molecule has 1 aromatic heterocycles. The zero-order chi connectivity index (χ0) is 19.7. The van der Waals surface area contributed by atoms with Crippen LogP contribution in [0.2, 0.25) is 0 Å². The van der Waals surface area contributed by atoms with Crippen LogP contribution in [0.5, 0.6) is 11.5 Å². The monoisotopic (exact) mass is 388 g/mol. The summed E-state index contributed by atoms with van der Waals surface area (Å²) in [5.74, 6) is 0.321. The number of hydrogen-bond donors (Lipinski definition) is 0. The molecule has 1 fully saturated rings. The fourth-order valence-electron chi connectivity index (χ4n) is 4.39. The van der Waals surface area contributed by atoms with Crippen molar-refractivity contribution in [1.82, 2.24) is 0 Å². The average molecular weight is 388 g/mol. The molecule has 3 nitrogen and oxygen atoms in total. The van der Waals surface area contributed by atoms with Crippen LogP contribution in [0.1, 0.15) is 46.0 Å². The van der Waals surface area contributed by atoms with E-state index in [9.17, 15) is 8.78 Å². The molecule has 0 aliphatic heterocycles. The van der Waals surface area contributed by atoms with E-state index in [4.69, 9.17) is 13.9 Å². The molecule has 2 atom stereocenters. The summed E-state index contributed by atoms with van der Waals surface area (Å²) in [6.45, 7) is 4.84. The summed E-state index contributed by atoms with van der Waals surface area (Å²) in [5, 5.41) is 1.06. The topological polar surface area (TPSA) is 31.6 Å². The Labute approximate surface area is 163 Å². The van der Waals surface area contributed by atoms with Crippen LogP contribution in [0.4, 0.5) is 8.78 Å². The van der Waals surface area contributed by atoms with Crippen molar-refractivity contribution in [1.29, 1.82) is 0 Å². The van der Waals surface area contributed by atoms with Crippen LogP contribution in [-0.4, -0.2) is 13.2 Å². The van der Waals surface area contributed by atoms with E-state index in [-0.39, 0.29) is 22.7 Å². The first-order valence-corrected chi connectivity index (χ1v) is 10.2. The predicted molar refractivity (Wildman–Crippen MR) is 106 cm³/mol. The second-order valence-electron chi connectivity index (χ2n) is 7.69. The first-order chi connectivity index (χ1) is 13.6. The molecule has 0 radical (unpaired) electrons. The van der Waals surface area contributed by atoms with Crippen LogP contribution in [0.15, 0.2) is 28.7 Å². The molecule has 3 aromatic rings. The van der Waals surface area contributed by atoms with E-state index in [0.29, 0.717) is 29.9 Å². The van der Waals surface area contributed by atoms with E-state index >= 15 is 0 Å². The summed E-state index contributed by atoms with van der Waals surface area (Å²) in [7, 11) is 0. The number of halogens is 2. The van der Waals surface area contributed by atoms with Crippen molar-refractivity contribution in [2.45, 2.75) is 46.0 Å². The lowest BCUT2D eigenvalue weighted by Gasteiger charge is -2.13. The number of rotatable bonds is 7. The van der Waals surface area contributed by atoms with Gasteiger partial charge in [0, 0.05) is 10.8 Å². The minimum atomic E-state index is -0.606. The molecule has 1 aliphatic carbocycles. The maximum Gasteiger partial charge on any atom is 0.208 e. The minimum Gasteiger partial charge on any atom is -0.491 e. The highest BCUT2D eigenvalue weighted by atomic mass is 19.1. The molecule has 0 spiro atoms. The Bertz CT molecular complexity index is 979. The van der Waals surface area contributed by atoms with Crippen LogP contribution in [0.25, 0.3) is 21.9 Å². The van der Waals surface area contributed by atoms with Gasteiger partial charge in [0.05, 0.1) is 13.2 Å². The van der Waals surface area contributed by atoms with Crippen molar-refractivity contribution >= 4 is 21.9 Å². The number of benzene rings is 2. The van der Waals surface area contributed by atoms with Gasteiger partial charge in [-0.15, -0.1) is 0 Å². The first kappa shape index (κ1) is 19.0. The number of furan rings is 1. The Hall–Kier alpha value is -2.30. The fraction of sp³-hybridized carbons (Fsp3) is 0.478. The molecule has 0 N–H and O–H groups in total. The third-order valence-corrected chi connectivity index (χ3v) is 5.74. The van der Waals surface area contributed by atoms with Gasteiger partial charge in [-0.25, -0.2) is 0 Å². The van der Waals surface area contributed by atoms with Gasteiger partial charge in [-0.1, -0.05) is 26.2 Å². The smallest absolute Gasteiger partial charge is 0.208 e. The number of hydrogen-bond acceptors (Lipinski definition) is 3. The summed E-state index contributed by atoms with van der Waals surface area (Å²) in [6.07, 6.45) is 5.97. The normalized spacial score (nSPS) is 19.6. The lowest BCUT2D eigenvalue weighted by molar-refractivity contribution is 0.238. The molecule has 0 saturated heterocycles. The van der Waals surface area contributed by atoms with Gasteiger partial charge in [-0.05, 0) is 55.9 Å². The number of ether oxygens (including phenoxy) is 2. The van der Waals surface area contributed by atoms with Gasteiger partial charge in [0.15, 0.2) is 22.7 Å². The Kier molecular flexibility index (Phi) is 5.42. The van der Waals surface area contributed by atoms with Gasteiger partial charge in [-0.2, -0.15) is 8.78 Å². The molecule has 1 saturated carbocycles. The number of fused-ring (bicyclic) bond motifs is 3. The predicted octanol–water partition coefficient (Wildman–Crippen LogP) is 6.86. The molecule has 2 aromatic carbocycles. The Balaban J connectivity index is 1.58. The molecule has 0 amide bonds. The SMILES string of the molecule is CCCC1CCC(COc2ccc3c(oc4c(F)c(OCC)ccc43)c2F)C1. The van der Waals surface area contributed by atoms with Crippen molar-refractivity contribution in [3.8, 4) is 11.5 Å². The molecule has 0 bridgehead atoms. The standard InChI is InChI=1S/C23H26F2O3/c1-3-5-14-6-7-15(12-14)13-27-19-11-9-17-16-8-10-18(26-4-2)20(24)22(16)28-23(17)21(19)25/h8-11,14-15H,3-7,12-13H2,1-2H3. The Morgan fingerprint density at radius 1 is 0.893 bits per heavy atom. The first-order valence-electron chi connectivity index (χ1n) is 10.2.